The molecule has 4 N–H and O–H groups in total. The van der Waals surface area contributed by atoms with Crippen molar-refractivity contribution in [3.8, 4) is 0 Å². The van der Waals surface area contributed by atoms with Crippen LogP contribution >= 0.6 is 23.2 Å². The average Bonchev–Trinajstić information content (AvgIpc) is 2.46. The summed E-state index contributed by atoms with van der Waals surface area (Å²) in [6.07, 6.45) is 0. The van der Waals surface area contributed by atoms with Crippen LogP contribution in [0, 0.1) is 0 Å². The molecular weight excluding hydrogens is 325 g/mol. The first-order valence-electron chi connectivity index (χ1n) is 6.30. The van der Waals surface area contributed by atoms with Gasteiger partial charge in [-0.3, -0.25) is 9.69 Å². The predicted molar refractivity (Wildman–Crippen MR) is 86.9 cm³/mol. The van der Waals surface area contributed by atoms with Gasteiger partial charge in [-0.05, 0) is 30.3 Å². The number of benzene rings is 2. The highest BCUT2D eigenvalue weighted by Crippen LogP contribution is 2.31. The first-order valence-corrected chi connectivity index (χ1v) is 7.05. The lowest BCUT2D eigenvalue weighted by Crippen LogP contribution is -2.44. The topological polar surface area (TPSA) is 89.4 Å². The average molecular weight is 338 g/mol. The smallest absolute Gasteiger partial charge is 0.320 e. The molecule has 5 nitrogen and oxygen atoms in total. The summed E-state index contributed by atoms with van der Waals surface area (Å²) >= 11 is 11.9. The lowest BCUT2D eigenvalue weighted by Gasteiger charge is -2.29. The Labute approximate surface area is 137 Å². The number of carbonyl (C=O) groups excluding carboxylic acids is 2. The molecule has 2 aromatic rings. The van der Waals surface area contributed by atoms with Crippen molar-refractivity contribution in [2.75, 3.05) is 4.90 Å². The minimum Gasteiger partial charge on any atom is -0.368 e. The quantitative estimate of drug-likeness (QED) is 0.897. The Kier molecular flexibility index (Phi) is 4.90. The molecule has 2 aromatic carbocycles. The second kappa shape index (κ2) is 6.68. The number of urea groups is 1. The van der Waals surface area contributed by atoms with Gasteiger partial charge in [-0.2, -0.15) is 0 Å². The minimum atomic E-state index is -1.12. The number of carbonyl (C=O) groups is 2. The molecule has 0 spiro atoms. The Balaban J connectivity index is 2.56. The van der Waals surface area contributed by atoms with Gasteiger partial charge in [0.2, 0.25) is 5.91 Å². The molecule has 3 amide bonds. The summed E-state index contributed by atoms with van der Waals surface area (Å²) in [6.45, 7) is 0. The molecule has 0 saturated heterocycles. The van der Waals surface area contributed by atoms with Crippen LogP contribution in [0.2, 0.25) is 10.0 Å². The first-order chi connectivity index (χ1) is 10.4. The van der Waals surface area contributed by atoms with E-state index in [2.05, 4.69) is 0 Å². The fraction of sp³-hybridized carbons (Fsp3) is 0.0667. The largest absolute Gasteiger partial charge is 0.368 e. The van der Waals surface area contributed by atoms with Gasteiger partial charge in [-0.1, -0.05) is 41.4 Å². The van der Waals surface area contributed by atoms with Crippen LogP contribution in [-0.2, 0) is 4.79 Å². The van der Waals surface area contributed by atoms with E-state index in [1.807, 2.05) is 0 Å². The molecule has 0 saturated carbocycles. The Bertz CT molecular complexity index is 704. The molecule has 0 radical (unpaired) electrons. The molecule has 0 aliphatic rings. The van der Waals surface area contributed by atoms with Crippen molar-refractivity contribution in [3.63, 3.8) is 0 Å². The van der Waals surface area contributed by atoms with Crippen molar-refractivity contribution >= 4 is 40.8 Å². The van der Waals surface area contributed by atoms with Gasteiger partial charge in [0.25, 0.3) is 0 Å². The highest BCUT2D eigenvalue weighted by atomic mass is 35.5. The van der Waals surface area contributed by atoms with Crippen molar-refractivity contribution in [1.82, 2.24) is 0 Å². The van der Waals surface area contributed by atoms with Crippen molar-refractivity contribution in [2.24, 2.45) is 11.5 Å². The van der Waals surface area contributed by atoms with E-state index < -0.39 is 18.0 Å². The summed E-state index contributed by atoms with van der Waals surface area (Å²) in [6, 6.07) is 11.0. The molecule has 22 heavy (non-hydrogen) atoms. The molecule has 0 fully saturated rings. The summed E-state index contributed by atoms with van der Waals surface area (Å²) in [5.74, 6) is -0.748. The van der Waals surface area contributed by atoms with E-state index in [9.17, 15) is 9.59 Å². The molecule has 1 unspecified atom stereocenters. The number of hydrogen-bond donors (Lipinski definition) is 2. The SMILES string of the molecule is NC(=O)C(c1ccccc1Cl)N(C(N)=O)c1ccc(Cl)cc1. The summed E-state index contributed by atoms with van der Waals surface area (Å²) < 4.78 is 0. The number of hydrogen-bond acceptors (Lipinski definition) is 2. The molecule has 1 atom stereocenters. The van der Waals surface area contributed by atoms with Crippen LogP contribution in [0.15, 0.2) is 48.5 Å². The summed E-state index contributed by atoms with van der Waals surface area (Å²) in [7, 11) is 0. The van der Waals surface area contributed by atoms with Crippen LogP contribution < -0.4 is 16.4 Å². The van der Waals surface area contributed by atoms with Crippen LogP contribution in [0.5, 0.6) is 0 Å². The molecule has 0 bridgehead atoms. The number of nitrogens with two attached hydrogens (primary N) is 2. The maximum absolute atomic E-state index is 11.9. The Morgan fingerprint density at radius 3 is 2.05 bits per heavy atom. The van der Waals surface area contributed by atoms with Crippen molar-refractivity contribution in [3.05, 3.63) is 64.1 Å². The van der Waals surface area contributed by atoms with Crippen LogP contribution in [0.3, 0.4) is 0 Å². The lowest BCUT2D eigenvalue weighted by molar-refractivity contribution is -0.119. The lowest BCUT2D eigenvalue weighted by atomic mass is 10.0. The number of rotatable bonds is 4. The third kappa shape index (κ3) is 3.32. The Morgan fingerprint density at radius 2 is 1.55 bits per heavy atom. The molecule has 7 heteroatoms. The number of nitrogens with zero attached hydrogens (tertiary/aromatic N) is 1. The van der Waals surface area contributed by atoms with E-state index >= 15 is 0 Å². The fourth-order valence-corrected chi connectivity index (χ4v) is 2.49. The molecule has 2 rings (SSSR count). The molecule has 0 heterocycles. The molecule has 0 aliphatic carbocycles. The van der Waals surface area contributed by atoms with Gasteiger partial charge >= 0.3 is 6.03 Å². The maximum Gasteiger partial charge on any atom is 0.320 e. The van der Waals surface area contributed by atoms with E-state index in [0.717, 1.165) is 4.90 Å². The fourth-order valence-electron chi connectivity index (χ4n) is 2.12. The minimum absolute atomic E-state index is 0.312. The first kappa shape index (κ1) is 16.1. The van der Waals surface area contributed by atoms with E-state index in [4.69, 9.17) is 34.7 Å². The molecule has 114 valence electrons. The van der Waals surface area contributed by atoms with Gasteiger partial charge in [-0.25, -0.2) is 4.79 Å². The summed E-state index contributed by atoms with van der Waals surface area (Å²) in [5, 5.41) is 0.799. The number of anilines is 1. The zero-order valence-electron chi connectivity index (χ0n) is 11.4. The third-order valence-electron chi connectivity index (χ3n) is 3.07. The van der Waals surface area contributed by atoms with Gasteiger partial charge < -0.3 is 11.5 Å². The number of halogens is 2. The molecule has 0 aliphatic heterocycles. The monoisotopic (exact) mass is 337 g/mol. The highest BCUT2D eigenvalue weighted by Gasteiger charge is 2.31. The van der Waals surface area contributed by atoms with Gasteiger partial charge in [0, 0.05) is 21.3 Å². The van der Waals surface area contributed by atoms with E-state index in [-0.39, 0.29) is 0 Å². The second-order valence-corrected chi connectivity index (χ2v) is 5.35. The maximum atomic E-state index is 11.9. The standard InChI is InChI=1S/C15H13Cl2N3O2/c16-9-5-7-10(8-6-9)20(15(19)22)13(14(18)21)11-3-1-2-4-12(11)17/h1-8,13H,(H2,18,21)(H2,19,22). The van der Waals surface area contributed by atoms with Gasteiger partial charge in [0.1, 0.15) is 6.04 Å². The predicted octanol–water partition coefficient (Wildman–Crippen LogP) is 3.11. The van der Waals surface area contributed by atoms with Crippen LogP contribution in [0.1, 0.15) is 11.6 Å². The Hall–Kier alpha value is -2.24. The van der Waals surface area contributed by atoms with Gasteiger partial charge in [0.15, 0.2) is 0 Å². The van der Waals surface area contributed by atoms with Crippen LogP contribution in [-0.4, -0.2) is 11.9 Å². The van der Waals surface area contributed by atoms with Gasteiger partial charge in [-0.15, -0.1) is 0 Å². The van der Waals surface area contributed by atoms with E-state index in [1.165, 1.54) is 0 Å². The summed E-state index contributed by atoms with van der Waals surface area (Å²) in [4.78, 5) is 24.9. The zero-order chi connectivity index (χ0) is 16.3. The van der Waals surface area contributed by atoms with E-state index in [1.54, 1.807) is 48.5 Å². The number of primary amides is 2. The molecular formula is C15H13Cl2N3O2. The zero-order valence-corrected chi connectivity index (χ0v) is 12.9. The Morgan fingerprint density at radius 1 is 0.955 bits per heavy atom. The number of amides is 3. The van der Waals surface area contributed by atoms with Crippen LogP contribution in [0.4, 0.5) is 10.5 Å². The normalized spacial score (nSPS) is 11.7. The van der Waals surface area contributed by atoms with Crippen molar-refractivity contribution in [1.29, 1.82) is 0 Å². The van der Waals surface area contributed by atoms with Gasteiger partial charge in [0.05, 0.1) is 0 Å². The van der Waals surface area contributed by atoms with Crippen molar-refractivity contribution < 1.29 is 9.59 Å². The van der Waals surface area contributed by atoms with Crippen LogP contribution in [0.25, 0.3) is 0 Å². The highest BCUT2D eigenvalue weighted by molar-refractivity contribution is 6.32. The van der Waals surface area contributed by atoms with Crippen molar-refractivity contribution in [2.45, 2.75) is 6.04 Å². The second-order valence-electron chi connectivity index (χ2n) is 4.51. The third-order valence-corrected chi connectivity index (χ3v) is 3.67. The van der Waals surface area contributed by atoms with E-state index in [0.29, 0.717) is 21.3 Å². The summed E-state index contributed by atoms with van der Waals surface area (Å²) in [5.41, 5.74) is 11.7. The molecule has 0 aromatic heterocycles.